The Balaban J connectivity index is 1.47. The smallest absolute Gasteiger partial charge is 0.133 e. The first-order valence-electron chi connectivity index (χ1n) is 14.4. The molecule has 1 aromatic heterocycles. The van der Waals surface area contributed by atoms with E-state index in [0.717, 1.165) is 55.4 Å². The van der Waals surface area contributed by atoms with Gasteiger partial charge < -0.3 is 4.57 Å². The third kappa shape index (κ3) is 5.75. The molecule has 3 nitrogen and oxygen atoms in total. The lowest BCUT2D eigenvalue weighted by atomic mass is 9.94. The van der Waals surface area contributed by atoms with Crippen LogP contribution in [0.4, 0.5) is 4.39 Å². The van der Waals surface area contributed by atoms with Crippen LogP contribution in [0.3, 0.4) is 0 Å². The molecule has 38 heavy (non-hydrogen) atoms. The normalized spacial score (nSPS) is 18.7. The summed E-state index contributed by atoms with van der Waals surface area (Å²) in [4.78, 5) is 9.70. The molecule has 3 aromatic rings. The van der Waals surface area contributed by atoms with Gasteiger partial charge in [0, 0.05) is 42.2 Å². The molecule has 0 fully saturated rings. The van der Waals surface area contributed by atoms with E-state index in [1.54, 1.807) is 6.07 Å². The third-order valence-corrected chi connectivity index (χ3v) is 7.98. The molecule has 4 heteroatoms. The van der Waals surface area contributed by atoms with E-state index in [2.05, 4.69) is 79.0 Å². The Bertz CT molecular complexity index is 1380. The maximum Gasteiger partial charge on any atom is 0.133 e. The van der Waals surface area contributed by atoms with Crippen LogP contribution in [0.15, 0.2) is 70.8 Å². The molecule has 0 saturated carbocycles. The van der Waals surface area contributed by atoms with Crippen molar-refractivity contribution in [3.05, 3.63) is 88.9 Å². The van der Waals surface area contributed by atoms with Crippen LogP contribution in [0.1, 0.15) is 81.5 Å². The molecule has 1 aliphatic carbocycles. The van der Waals surface area contributed by atoms with Crippen LogP contribution in [-0.4, -0.2) is 29.1 Å². The topological polar surface area (TPSA) is 29.6 Å². The average Bonchev–Trinajstić information content (AvgIpc) is 3.12. The molecule has 1 aliphatic heterocycles. The molecule has 0 bridgehead atoms. The average molecular weight is 510 g/mol. The lowest BCUT2D eigenvalue weighted by Gasteiger charge is -2.16. The number of aryl methyl sites for hydroxylation is 1. The number of benzene rings is 2. The molecule has 1 unspecified atom stereocenters. The van der Waals surface area contributed by atoms with Crippen molar-refractivity contribution in [3.8, 4) is 0 Å². The van der Waals surface area contributed by atoms with Crippen LogP contribution < -0.4 is 0 Å². The van der Waals surface area contributed by atoms with Gasteiger partial charge in [0.25, 0.3) is 0 Å². The Morgan fingerprint density at radius 2 is 1.82 bits per heavy atom. The number of halogens is 1. The highest BCUT2D eigenvalue weighted by Crippen LogP contribution is 2.31. The highest BCUT2D eigenvalue weighted by atomic mass is 19.1. The summed E-state index contributed by atoms with van der Waals surface area (Å²) >= 11 is 0. The number of aliphatic imine (C=N–C) groups is 2. The predicted molar refractivity (Wildman–Crippen MR) is 160 cm³/mol. The number of hydrogen-bond acceptors (Lipinski definition) is 2. The zero-order chi connectivity index (χ0) is 26.5. The summed E-state index contributed by atoms with van der Waals surface area (Å²) in [6, 6.07) is 12.6. The fourth-order valence-electron chi connectivity index (χ4n) is 5.94. The van der Waals surface area contributed by atoms with E-state index in [0.29, 0.717) is 23.9 Å². The zero-order valence-corrected chi connectivity index (χ0v) is 23.1. The number of dihydropyridines is 1. The second kappa shape index (κ2) is 12.1. The summed E-state index contributed by atoms with van der Waals surface area (Å²) in [5.41, 5.74) is 7.64. The molecule has 198 valence electrons. The van der Waals surface area contributed by atoms with Gasteiger partial charge >= 0.3 is 0 Å². The first-order valence-corrected chi connectivity index (χ1v) is 14.4. The maximum absolute atomic E-state index is 15.4. The van der Waals surface area contributed by atoms with Gasteiger partial charge in [-0.2, -0.15) is 0 Å². The fraction of sp³-hybridized carbons (Fsp3) is 0.412. The van der Waals surface area contributed by atoms with E-state index in [4.69, 9.17) is 4.99 Å². The fourth-order valence-corrected chi connectivity index (χ4v) is 5.94. The molecule has 0 saturated heterocycles. The number of aromatic nitrogens is 1. The van der Waals surface area contributed by atoms with Gasteiger partial charge in [0.2, 0.25) is 0 Å². The van der Waals surface area contributed by atoms with E-state index in [-0.39, 0.29) is 5.82 Å². The molecule has 0 spiro atoms. The van der Waals surface area contributed by atoms with E-state index in [9.17, 15) is 0 Å². The quantitative estimate of drug-likeness (QED) is 0.215. The molecule has 0 radical (unpaired) electrons. The number of fused-ring (bicyclic) bond motifs is 1. The van der Waals surface area contributed by atoms with Gasteiger partial charge in [-0.15, -0.1) is 0 Å². The van der Waals surface area contributed by atoms with Crippen LogP contribution >= 0.6 is 0 Å². The van der Waals surface area contributed by atoms with Gasteiger partial charge in [0.05, 0.1) is 11.6 Å². The van der Waals surface area contributed by atoms with Crippen LogP contribution in [-0.2, 0) is 13.0 Å². The summed E-state index contributed by atoms with van der Waals surface area (Å²) in [5, 5.41) is 0.708. The minimum absolute atomic E-state index is 0.163. The second-order valence-corrected chi connectivity index (χ2v) is 10.8. The number of nitrogens with zero attached hydrogens (tertiary/aromatic N) is 3. The van der Waals surface area contributed by atoms with Gasteiger partial charge in [-0.1, -0.05) is 68.8 Å². The van der Waals surface area contributed by atoms with Gasteiger partial charge in [-0.05, 0) is 79.7 Å². The Morgan fingerprint density at radius 1 is 1.05 bits per heavy atom. The minimum atomic E-state index is -0.163. The van der Waals surface area contributed by atoms with Crippen LogP contribution in [0.25, 0.3) is 16.5 Å². The lowest BCUT2D eigenvalue weighted by Crippen LogP contribution is -2.08. The zero-order valence-electron chi connectivity index (χ0n) is 23.1. The summed E-state index contributed by atoms with van der Waals surface area (Å²) in [6.07, 6.45) is 18.5. The van der Waals surface area contributed by atoms with Crippen molar-refractivity contribution in [3.63, 3.8) is 0 Å². The first-order chi connectivity index (χ1) is 18.6. The Hall–Kier alpha value is -3.27. The van der Waals surface area contributed by atoms with Gasteiger partial charge in [-0.25, -0.2) is 4.39 Å². The van der Waals surface area contributed by atoms with E-state index < -0.39 is 0 Å². The second-order valence-electron chi connectivity index (χ2n) is 10.8. The summed E-state index contributed by atoms with van der Waals surface area (Å²) < 4.78 is 17.6. The number of allylic oxidation sites excluding steroid dienone is 3. The standard InChI is InChI=1S/C34H40FN3/c1-4-10-26-19-29(21-36-20-26)28-15-13-25(14-16-28)22-38-23-31(24(3)37-30-11-8-6-7-9-12-30)33-32(35)18-17-27(5-2)34(33)38/h6-7,13-19,21,23,26,30H,4-5,8-12,20,22H2,1-3H3. The number of hydrogen-bond donors (Lipinski definition) is 0. The summed E-state index contributed by atoms with van der Waals surface area (Å²) in [5.74, 6) is 0.370. The number of rotatable bonds is 8. The summed E-state index contributed by atoms with van der Waals surface area (Å²) in [7, 11) is 0. The van der Waals surface area contributed by atoms with Crippen LogP contribution in [0.2, 0.25) is 0 Å². The Labute approximate surface area is 226 Å². The van der Waals surface area contributed by atoms with Crippen molar-refractivity contribution in [2.45, 2.75) is 78.3 Å². The van der Waals surface area contributed by atoms with Crippen molar-refractivity contribution in [2.75, 3.05) is 6.54 Å². The Morgan fingerprint density at radius 3 is 2.53 bits per heavy atom. The SMILES string of the molecule is CCCC1C=C(c2ccc(Cn3cc(C(C)=NC4CCC=CCC4)c4c(F)ccc(CC)c43)cc2)C=NC1. The van der Waals surface area contributed by atoms with Crippen LogP contribution in [0, 0.1) is 11.7 Å². The van der Waals surface area contributed by atoms with E-state index in [1.165, 1.54) is 35.1 Å². The minimum Gasteiger partial charge on any atom is -0.342 e. The van der Waals surface area contributed by atoms with Crippen molar-refractivity contribution < 1.29 is 4.39 Å². The molecule has 5 rings (SSSR count). The third-order valence-electron chi connectivity index (χ3n) is 7.98. The van der Waals surface area contributed by atoms with Crippen molar-refractivity contribution >= 4 is 28.4 Å². The van der Waals surface area contributed by atoms with Crippen molar-refractivity contribution in [1.29, 1.82) is 0 Å². The lowest BCUT2D eigenvalue weighted by molar-refractivity contribution is 0.591. The van der Waals surface area contributed by atoms with Gasteiger partial charge in [0.15, 0.2) is 0 Å². The molecule has 0 amide bonds. The van der Waals surface area contributed by atoms with Crippen molar-refractivity contribution in [2.24, 2.45) is 15.9 Å². The molecule has 0 N–H and O–H groups in total. The molecule has 2 aliphatic rings. The highest BCUT2D eigenvalue weighted by molar-refractivity contribution is 6.11. The molecule has 2 heterocycles. The molecular weight excluding hydrogens is 469 g/mol. The van der Waals surface area contributed by atoms with E-state index >= 15 is 4.39 Å². The largest absolute Gasteiger partial charge is 0.342 e. The van der Waals surface area contributed by atoms with Crippen LogP contribution in [0.5, 0.6) is 0 Å². The highest BCUT2D eigenvalue weighted by Gasteiger charge is 2.19. The van der Waals surface area contributed by atoms with Gasteiger partial charge in [0.1, 0.15) is 5.82 Å². The van der Waals surface area contributed by atoms with E-state index in [1.807, 2.05) is 12.3 Å². The van der Waals surface area contributed by atoms with Crippen molar-refractivity contribution in [1.82, 2.24) is 4.57 Å². The monoisotopic (exact) mass is 509 g/mol. The molecular formula is C34H40FN3. The molecule has 2 aromatic carbocycles. The Kier molecular flexibility index (Phi) is 8.36. The van der Waals surface area contributed by atoms with Gasteiger partial charge in [-0.3, -0.25) is 9.98 Å². The first kappa shape index (κ1) is 26.3. The predicted octanol–water partition coefficient (Wildman–Crippen LogP) is 8.58. The summed E-state index contributed by atoms with van der Waals surface area (Å²) in [6.45, 7) is 8.02. The molecule has 1 atom stereocenters. The maximum atomic E-state index is 15.4.